The summed E-state index contributed by atoms with van der Waals surface area (Å²) in [5, 5.41) is 21.1. The van der Waals surface area contributed by atoms with Crippen molar-refractivity contribution in [2.75, 3.05) is 11.1 Å². The van der Waals surface area contributed by atoms with Crippen LogP contribution < -0.4 is 11.1 Å². The number of pyridine rings is 1. The van der Waals surface area contributed by atoms with Gasteiger partial charge in [0.15, 0.2) is 5.82 Å². The second-order valence-corrected chi connectivity index (χ2v) is 3.60. The molecule has 0 atom stereocenters. The van der Waals surface area contributed by atoms with Crippen LogP contribution in [0.5, 0.6) is 11.5 Å². The smallest absolute Gasteiger partial charge is 0.260 e. The van der Waals surface area contributed by atoms with E-state index in [2.05, 4.69) is 10.3 Å². The highest BCUT2D eigenvalue weighted by Gasteiger charge is 2.13. The first-order valence-corrected chi connectivity index (χ1v) is 5.12. The van der Waals surface area contributed by atoms with Crippen molar-refractivity contribution in [1.82, 2.24) is 4.98 Å². The van der Waals surface area contributed by atoms with Gasteiger partial charge in [-0.3, -0.25) is 4.79 Å². The van der Waals surface area contributed by atoms with Crippen LogP contribution in [0, 0.1) is 0 Å². The third-order valence-electron chi connectivity index (χ3n) is 2.30. The van der Waals surface area contributed by atoms with Crippen molar-refractivity contribution < 1.29 is 15.0 Å². The molecule has 2 aromatic rings. The Balaban J connectivity index is 2.25. The van der Waals surface area contributed by atoms with Crippen LogP contribution in [-0.4, -0.2) is 21.1 Å². The first kappa shape index (κ1) is 11.7. The summed E-state index contributed by atoms with van der Waals surface area (Å²) in [5.74, 6) is -0.781. The Labute approximate surface area is 103 Å². The van der Waals surface area contributed by atoms with Gasteiger partial charge in [0.25, 0.3) is 5.91 Å². The second kappa shape index (κ2) is 4.62. The zero-order valence-electron chi connectivity index (χ0n) is 9.29. The number of carbonyl (C=O) groups is 1. The number of aromatic nitrogens is 1. The highest BCUT2D eigenvalue weighted by atomic mass is 16.3. The molecule has 0 spiro atoms. The molecular weight excluding hydrogens is 234 g/mol. The Morgan fingerprint density at radius 2 is 2.06 bits per heavy atom. The van der Waals surface area contributed by atoms with E-state index < -0.39 is 5.91 Å². The first-order valence-electron chi connectivity index (χ1n) is 5.12. The highest BCUT2D eigenvalue weighted by Crippen LogP contribution is 2.24. The molecule has 5 N–H and O–H groups in total. The Kier molecular flexibility index (Phi) is 3.01. The van der Waals surface area contributed by atoms with Crippen LogP contribution in [0.2, 0.25) is 0 Å². The van der Waals surface area contributed by atoms with E-state index in [9.17, 15) is 9.90 Å². The summed E-state index contributed by atoms with van der Waals surface area (Å²) < 4.78 is 0. The number of rotatable bonds is 2. The lowest BCUT2D eigenvalue weighted by Gasteiger charge is -2.08. The van der Waals surface area contributed by atoms with Gasteiger partial charge >= 0.3 is 0 Å². The van der Waals surface area contributed by atoms with E-state index in [1.54, 1.807) is 12.1 Å². The van der Waals surface area contributed by atoms with E-state index >= 15 is 0 Å². The van der Waals surface area contributed by atoms with Crippen LogP contribution >= 0.6 is 0 Å². The van der Waals surface area contributed by atoms with Gasteiger partial charge in [-0.05, 0) is 24.3 Å². The summed E-state index contributed by atoms with van der Waals surface area (Å²) in [6.07, 6.45) is 1.49. The van der Waals surface area contributed by atoms with Crippen LogP contribution in [0.1, 0.15) is 10.4 Å². The number of amides is 1. The van der Waals surface area contributed by atoms with Crippen molar-refractivity contribution in [2.45, 2.75) is 0 Å². The lowest BCUT2D eigenvalue weighted by molar-refractivity contribution is 0.102. The van der Waals surface area contributed by atoms with E-state index in [-0.39, 0.29) is 22.9 Å². The Hall–Kier alpha value is -2.76. The lowest BCUT2D eigenvalue weighted by atomic mass is 10.2. The van der Waals surface area contributed by atoms with Crippen LogP contribution in [-0.2, 0) is 0 Å². The fraction of sp³-hybridized carbons (Fsp3) is 0. The maximum Gasteiger partial charge on any atom is 0.260 e. The van der Waals surface area contributed by atoms with Crippen molar-refractivity contribution in [1.29, 1.82) is 0 Å². The number of hydrogen-bond acceptors (Lipinski definition) is 5. The third kappa shape index (κ3) is 2.32. The van der Waals surface area contributed by atoms with Crippen LogP contribution in [0.4, 0.5) is 11.5 Å². The molecule has 92 valence electrons. The number of phenols is 2. The molecule has 0 aliphatic heterocycles. The number of carbonyl (C=O) groups excluding carboxylic acids is 1. The fourth-order valence-corrected chi connectivity index (χ4v) is 1.41. The predicted molar refractivity (Wildman–Crippen MR) is 66.4 cm³/mol. The largest absolute Gasteiger partial charge is 0.508 e. The molecule has 2 rings (SSSR count). The van der Waals surface area contributed by atoms with E-state index in [0.717, 1.165) is 6.07 Å². The summed E-state index contributed by atoms with van der Waals surface area (Å²) in [5.41, 5.74) is 5.98. The number of anilines is 2. The summed E-state index contributed by atoms with van der Waals surface area (Å²) in [6.45, 7) is 0. The molecule has 6 heteroatoms. The molecule has 1 aromatic heterocycles. The molecule has 0 saturated carbocycles. The van der Waals surface area contributed by atoms with E-state index in [1.807, 2.05) is 0 Å². The van der Waals surface area contributed by atoms with Crippen LogP contribution in [0.15, 0.2) is 36.5 Å². The molecule has 0 radical (unpaired) electrons. The average molecular weight is 245 g/mol. The maximum absolute atomic E-state index is 11.9. The topological polar surface area (TPSA) is 108 Å². The number of nitrogens with two attached hydrogens (primary N) is 1. The van der Waals surface area contributed by atoms with Crippen molar-refractivity contribution in [3.05, 3.63) is 42.1 Å². The van der Waals surface area contributed by atoms with E-state index in [0.29, 0.717) is 5.69 Å². The molecule has 0 bridgehead atoms. The Morgan fingerprint density at radius 3 is 2.72 bits per heavy atom. The molecule has 0 fully saturated rings. The highest BCUT2D eigenvalue weighted by molar-refractivity contribution is 6.06. The van der Waals surface area contributed by atoms with Crippen LogP contribution in [0.3, 0.4) is 0 Å². The van der Waals surface area contributed by atoms with Gasteiger partial charge in [0.05, 0.1) is 11.3 Å². The van der Waals surface area contributed by atoms with E-state index in [4.69, 9.17) is 10.8 Å². The van der Waals surface area contributed by atoms with Crippen molar-refractivity contribution in [2.24, 2.45) is 0 Å². The molecule has 0 saturated heterocycles. The average Bonchev–Trinajstić information content (AvgIpc) is 2.32. The fourth-order valence-electron chi connectivity index (χ4n) is 1.41. The number of benzene rings is 1. The zero-order chi connectivity index (χ0) is 13.1. The first-order chi connectivity index (χ1) is 8.58. The van der Waals surface area contributed by atoms with Crippen molar-refractivity contribution in [3.8, 4) is 11.5 Å². The molecular formula is C12H11N3O3. The molecule has 0 aliphatic rings. The lowest BCUT2D eigenvalue weighted by Crippen LogP contribution is -2.14. The minimum absolute atomic E-state index is 0.0258. The Morgan fingerprint density at radius 1 is 1.28 bits per heavy atom. The third-order valence-corrected chi connectivity index (χ3v) is 2.30. The minimum Gasteiger partial charge on any atom is -0.508 e. The second-order valence-electron chi connectivity index (χ2n) is 3.60. The standard InChI is InChI=1S/C12H11N3O3/c13-9-2-1-5-14-11(9)15-12(18)8-4-3-7(16)6-10(8)17/h1-6,16-17H,13H2,(H,14,15,18). The normalized spacial score (nSPS) is 10.0. The molecule has 1 amide bonds. The van der Waals surface area contributed by atoms with Gasteiger partial charge in [-0.2, -0.15) is 0 Å². The number of phenolic OH excluding ortho intramolecular Hbond substituents is 2. The van der Waals surface area contributed by atoms with Gasteiger partial charge in [-0.15, -0.1) is 0 Å². The molecule has 6 nitrogen and oxygen atoms in total. The van der Waals surface area contributed by atoms with Gasteiger partial charge in [-0.25, -0.2) is 4.98 Å². The maximum atomic E-state index is 11.9. The monoisotopic (exact) mass is 245 g/mol. The number of nitrogens with zero attached hydrogens (tertiary/aromatic N) is 1. The summed E-state index contributed by atoms with van der Waals surface area (Å²) in [6, 6.07) is 6.93. The quantitative estimate of drug-likeness (QED) is 0.638. The SMILES string of the molecule is Nc1cccnc1NC(=O)c1ccc(O)cc1O. The van der Waals surface area contributed by atoms with Crippen LogP contribution in [0.25, 0.3) is 0 Å². The summed E-state index contributed by atoms with van der Waals surface area (Å²) >= 11 is 0. The van der Waals surface area contributed by atoms with Gasteiger partial charge < -0.3 is 21.3 Å². The number of nitrogen functional groups attached to an aromatic ring is 1. The minimum atomic E-state index is -0.557. The predicted octanol–water partition coefficient (Wildman–Crippen LogP) is 1.33. The van der Waals surface area contributed by atoms with E-state index in [1.165, 1.54) is 18.3 Å². The van der Waals surface area contributed by atoms with Gasteiger partial charge in [0.1, 0.15) is 11.5 Å². The van der Waals surface area contributed by atoms with Gasteiger partial charge in [-0.1, -0.05) is 0 Å². The molecule has 0 unspecified atom stereocenters. The van der Waals surface area contributed by atoms with Crippen molar-refractivity contribution in [3.63, 3.8) is 0 Å². The zero-order valence-corrected chi connectivity index (χ0v) is 9.29. The number of hydrogen-bond donors (Lipinski definition) is 4. The van der Waals surface area contributed by atoms with Gasteiger partial charge in [0.2, 0.25) is 0 Å². The molecule has 1 aromatic carbocycles. The summed E-state index contributed by atoms with van der Waals surface area (Å²) in [7, 11) is 0. The summed E-state index contributed by atoms with van der Waals surface area (Å²) in [4.78, 5) is 15.8. The molecule has 18 heavy (non-hydrogen) atoms. The molecule has 1 heterocycles. The number of nitrogens with one attached hydrogen (secondary N) is 1. The number of aromatic hydroxyl groups is 2. The Bertz CT molecular complexity index is 599. The molecule has 0 aliphatic carbocycles. The van der Waals surface area contributed by atoms with Crippen molar-refractivity contribution >= 4 is 17.4 Å². The van der Waals surface area contributed by atoms with Gasteiger partial charge in [0, 0.05) is 12.3 Å².